The first-order valence-corrected chi connectivity index (χ1v) is 4.41. The Bertz CT molecular complexity index is 310. The zero-order valence-corrected chi connectivity index (χ0v) is 7.90. The van der Waals surface area contributed by atoms with Crippen LogP contribution < -0.4 is 4.90 Å². The standard InChI is InChI=1S/C10H12FNO2/c1-2-7-12(10(13)14)9-5-3-8(11)4-6-9/h3-6H,2,7H2,1H3,(H,13,14). The minimum absolute atomic E-state index is 0.365. The van der Waals surface area contributed by atoms with Crippen LogP contribution >= 0.6 is 0 Å². The summed E-state index contributed by atoms with van der Waals surface area (Å²) in [6, 6.07) is 5.42. The lowest BCUT2D eigenvalue weighted by atomic mass is 10.3. The minimum Gasteiger partial charge on any atom is -0.465 e. The van der Waals surface area contributed by atoms with Gasteiger partial charge in [0.25, 0.3) is 0 Å². The molecule has 1 N–H and O–H groups in total. The largest absolute Gasteiger partial charge is 0.465 e. The first-order chi connectivity index (χ1) is 6.65. The molecule has 0 bridgehead atoms. The monoisotopic (exact) mass is 197 g/mol. The number of hydrogen-bond acceptors (Lipinski definition) is 1. The van der Waals surface area contributed by atoms with E-state index in [4.69, 9.17) is 5.11 Å². The molecule has 1 aromatic carbocycles. The number of hydrogen-bond donors (Lipinski definition) is 1. The van der Waals surface area contributed by atoms with Crippen LogP contribution in [-0.2, 0) is 0 Å². The van der Waals surface area contributed by atoms with Gasteiger partial charge in [-0.2, -0.15) is 0 Å². The van der Waals surface area contributed by atoms with Gasteiger partial charge in [-0.1, -0.05) is 6.92 Å². The van der Waals surface area contributed by atoms with Crippen LogP contribution in [0.2, 0.25) is 0 Å². The van der Waals surface area contributed by atoms with Gasteiger partial charge in [0.1, 0.15) is 5.82 Å². The van der Waals surface area contributed by atoms with Crippen molar-refractivity contribution < 1.29 is 14.3 Å². The molecule has 0 aliphatic rings. The molecule has 1 aromatic rings. The van der Waals surface area contributed by atoms with Gasteiger partial charge < -0.3 is 5.11 Å². The number of carbonyl (C=O) groups is 1. The Hall–Kier alpha value is -1.58. The average Bonchev–Trinajstić information content (AvgIpc) is 2.15. The quantitative estimate of drug-likeness (QED) is 0.809. The number of carboxylic acid groups (broad SMARTS) is 1. The van der Waals surface area contributed by atoms with Crippen LogP contribution in [0.25, 0.3) is 0 Å². The molecule has 0 fully saturated rings. The fraction of sp³-hybridized carbons (Fsp3) is 0.300. The predicted octanol–water partition coefficient (Wildman–Crippen LogP) is 2.72. The lowest BCUT2D eigenvalue weighted by Crippen LogP contribution is -2.29. The van der Waals surface area contributed by atoms with E-state index in [1.807, 2.05) is 6.92 Å². The maximum Gasteiger partial charge on any atom is 0.411 e. The van der Waals surface area contributed by atoms with Crippen molar-refractivity contribution in [1.29, 1.82) is 0 Å². The van der Waals surface area contributed by atoms with Gasteiger partial charge in [0.05, 0.1) is 0 Å². The first-order valence-electron chi connectivity index (χ1n) is 4.41. The predicted molar refractivity (Wildman–Crippen MR) is 52.1 cm³/mol. The van der Waals surface area contributed by atoms with Crippen LogP contribution in [0.5, 0.6) is 0 Å². The van der Waals surface area contributed by atoms with Crippen molar-refractivity contribution in [3.8, 4) is 0 Å². The topological polar surface area (TPSA) is 40.5 Å². The molecule has 1 rings (SSSR count). The highest BCUT2D eigenvalue weighted by Crippen LogP contribution is 2.15. The van der Waals surface area contributed by atoms with Crippen LogP contribution in [0.15, 0.2) is 24.3 Å². The number of nitrogens with zero attached hydrogens (tertiary/aromatic N) is 1. The number of anilines is 1. The van der Waals surface area contributed by atoms with Crippen molar-refractivity contribution in [1.82, 2.24) is 0 Å². The van der Waals surface area contributed by atoms with Gasteiger partial charge in [0.2, 0.25) is 0 Å². The molecule has 0 saturated heterocycles. The number of benzene rings is 1. The summed E-state index contributed by atoms with van der Waals surface area (Å²) < 4.78 is 12.6. The highest BCUT2D eigenvalue weighted by Gasteiger charge is 2.12. The molecule has 4 heteroatoms. The van der Waals surface area contributed by atoms with E-state index < -0.39 is 6.09 Å². The number of amides is 1. The summed E-state index contributed by atoms with van der Waals surface area (Å²) in [7, 11) is 0. The van der Waals surface area contributed by atoms with Gasteiger partial charge in [0.15, 0.2) is 0 Å². The molecular weight excluding hydrogens is 185 g/mol. The molecule has 0 unspecified atom stereocenters. The summed E-state index contributed by atoms with van der Waals surface area (Å²) in [6.07, 6.45) is -0.289. The van der Waals surface area contributed by atoms with Crippen LogP contribution in [-0.4, -0.2) is 17.7 Å². The molecule has 0 spiro atoms. The smallest absolute Gasteiger partial charge is 0.411 e. The number of halogens is 1. The third-order valence-electron chi connectivity index (χ3n) is 1.82. The van der Waals surface area contributed by atoms with E-state index in [-0.39, 0.29) is 5.82 Å². The van der Waals surface area contributed by atoms with E-state index in [2.05, 4.69) is 0 Å². The van der Waals surface area contributed by atoms with Crippen LogP contribution in [0.1, 0.15) is 13.3 Å². The summed E-state index contributed by atoms with van der Waals surface area (Å²) in [4.78, 5) is 12.0. The molecule has 0 saturated carbocycles. The van der Waals surface area contributed by atoms with Crippen molar-refractivity contribution in [3.05, 3.63) is 30.1 Å². The summed E-state index contributed by atoms with van der Waals surface area (Å²) in [5, 5.41) is 8.86. The van der Waals surface area contributed by atoms with E-state index in [1.54, 1.807) is 0 Å². The first kappa shape index (κ1) is 10.5. The second-order valence-electron chi connectivity index (χ2n) is 2.91. The zero-order chi connectivity index (χ0) is 10.6. The Morgan fingerprint density at radius 1 is 1.43 bits per heavy atom. The Labute approximate surface area is 81.8 Å². The second-order valence-corrected chi connectivity index (χ2v) is 2.91. The molecule has 0 heterocycles. The highest BCUT2D eigenvalue weighted by molar-refractivity contribution is 5.85. The lowest BCUT2D eigenvalue weighted by molar-refractivity contribution is 0.202. The van der Waals surface area contributed by atoms with Crippen LogP contribution in [0.4, 0.5) is 14.9 Å². The third kappa shape index (κ3) is 2.45. The third-order valence-corrected chi connectivity index (χ3v) is 1.82. The van der Waals surface area contributed by atoms with Gasteiger partial charge in [-0.05, 0) is 30.7 Å². The summed E-state index contributed by atoms with van der Waals surface area (Å²) in [5.74, 6) is -0.365. The molecule has 0 aliphatic carbocycles. The second kappa shape index (κ2) is 4.60. The van der Waals surface area contributed by atoms with E-state index in [0.29, 0.717) is 12.2 Å². The van der Waals surface area contributed by atoms with Crippen LogP contribution in [0.3, 0.4) is 0 Å². The van der Waals surface area contributed by atoms with E-state index in [1.165, 1.54) is 29.2 Å². The summed E-state index contributed by atoms with van der Waals surface area (Å²) >= 11 is 0. The molecule has 0 aliphatic heterocycles. The van der Waals surface area contributed by atoms with Crippen molar-refractivity contribution in [2.24, 2.45) is 0 Å². The fourth-order valence-electron chi connectivity index (χ4n) is 1.18. The Morgan fingerprint density at radius 3 is 2.43 bits per heavy atom. The SMILES string of the molecule is CCCN(C(=O)O)c1ccc(F)cc1. The maximum atomic E-state index is 12.6. The Morgan fingerprint density at radius 2 is 2.00 bits per heavy atom. The van der Waals surface area contributed by atoms with E-state index in [0.717, 1.165) is 6.42 Å². The molecular formula is C10H12FNO2. The van der Waals surface area contributed by atoms with Crippen molar-refractivity contribution in [3.63, 3.8) is 0 Å². The fourth-order valence-corrected chi connectivity index (χ4v) is 1.18. The Kier molecular flexibility index (Phi) is 3.45. The molecule has 3 nitrogen and oxygen atoms in total. The lowest BCUT2D eigenvalue weighted by Gasteiger charge is -2.17. The molecule has 0 aromatic heterocycles. The van der Waals surface area contributed by atoms with Crippen LogP contribution in [0, 0.1) is 5.82 Å². The molecule has 0 atom stereocenters. The summed E-state index contributed by atoms with van der Waals surface area (Å²) in [5.41, 5.74) is 0.501. The molecule has 76 valence electrons. The van der Waals surface area contributed by atoms with E-state index in [9.17, 15) is 9.18 Å². The van der Waals surface area contributed by atoms with Gasteiger partial charge in [-0.3, -0.25) is 4.90 Å². The molecule has 14 heavy (non-hydrogen) atoms. The average molecular weight is 197 g/mol. The minimum atomic E-state index is -1.02. The normalized spacial score (nSPS) is 9.86. The highest BCUT2D eigenvalue weighted by atomic mass is 19.1. The molecule has 1 amide bonds. The summed E-state index contributed by atoms with van der Waals surface area (Å²) in [6.45, 7) is 2.31. The van der Waals surface area contributed by atoms with Gasteiger partial charge in [-0.15, -0.1) is 0 Å². The van der Waals surface area contributed by atoms with Gasteiger partial charge in [0, 0.05) is 12.2 Å². The number of rotatable bonds is 3. The molecule has 0 radical (unpaired) electrons. The van der Waals surface area contributed by atoms with Crippen molar-refractivity contribution >= 4 is 11.8 Å². The zero-order valence-electron chi connectivity index (χ0n) is 7.90. The Balaban J connectivity index is 2.87. The van der Waals surface area contributed by atoms with Crippen molar-refractivity contribution in [2.75, 3.05) is 11.4 Å². The van der Waals surface area contributed by atoms with Gasteiger partial charge in [-0.25, -0.2) is 9.18 Å². The van der Waals surface area contributed by atoms with E-state index >= 15 is 0 Å². The van der Waals surface area contributed by atoms with Crippen molar-refractivity contribution in [2.45, 2.75) is 13.3 Å². The maximum absolute atomic E-state index is 12.6. The van der Waals surface area contributed by atoms with Gasteiger partial charge >= 0.3 is 6.09 Å².